The summed E-state index contributed by atoms with van der Waals surface area (Å²) in [5.74, 6) is -0.0557. The topological polar surface area (TPSA) is 70.5 Å². The molecule has 2 aliphatic rings. The van der Waals surface area contributed by atoms with Gasteiger partial charge in [0.25, 0.3) is 0 Å². The number of likely N-dealkylation sites (tertiary alicyclic amines) is 1. The van der Waals surface area contributed by atoms with Crippen molar-refractivity contribution in [3.8, 4) is 0 Å². The number of rotatable bonds is 3. The van der Waals surface area contributed by atoms with Gasteiger partial charge in [-0.1, -0.05) is 6.42 Å². The maximum absolute atomic E-state index is 12.2. The third-order valence-corrected chi connectivity index (χ3v) is 4.74. The van der Waals surface area contributed by atoms with Gasteiger partial charge in [-0.15, -0.1) is 0 Å². The SMILES string of the molecule is O=C(O)c1cncc(C2CCN(C(=O)C3CCC3)CC2)c1. The summed E-state index contributed by atoms with van der Waals surface area (Å²) in [6.07, 6.45) is 8.18. The van der Waals surface area contributed by atoms with Gasteiger partial charge in [-0.2, -0.15) is 0 Å². The highest BCUT2D eigenvalue weighted by atomic mass is 16.4. The van der Waals surface area contributed by atoms with E-state index in [1.54, 1.807) is 12.3 Å². The number of carbonyl (C=O) groups is 2. The molecule has 0 radical (unpaired) electrons. The Balaban J connectivity index is 1.61. The molecule has 3 rings (SSSR count). The van der Waals surface area contributed by atoms with Crippen molar-refractivity contribution < 1.29 is 14.7 Å². The normalized spacial score (nSPS) is 20.1. The van der Waals surface area contributed by atoms with Crippen LogP contribution in [0.25, 0.3) is 0 Å². The second kappa shape index (κ2) is 5.84. The molecule has 112 valence electrons. The van der Waals surface area contributed by atoms with Crippen molar-refractivity contribution in [2.24, 2.45) is 5.92 Å². The van der Waals surface area contributed by atoms with Crippen LogP contribution in [0.4, 0.5) is 0 Å². The summed E-state index contributed by atoms with van der Waals surface area (Å²) in [6.45, 7) is 1.55. The maximum atomic E-state index is 12.2. The molecule has 1 aromatic rings. The fourth-order valence-electron chi connectivity index (χ4n) is 3.14. The summed E-state index contributed by atoms with van der Waals surface area (Å²) in [5.41, 5.74) is 1.21. The Morgan fingerprint density at radius 1 is 1.14 bits per heavy atom. The van der Waals surface area contributed by atoms with E-state index < -0.39 is 5.97 Å². The average molecular weight is 288 g/mol. The van der Waals surface area contributed by atoms with Gasteiger partial charge in [0.2, 0.25) is 5.91 Å². The van der Waals surface area contributed by atoms with Gasteiger partial charge in [0, 0.05) is 31.4 Å². The Labute approximate surface area is 124 Å². The second-order valence-corrected chi connectivity index (χ2v) is 6.04. The fourth-order valence-corrected chi connectivity index (χ4v) is 3.14. The van der Waals surface area contributed by atoms with E-state index in [0.29, 0.717) is 11.8 Å². The first-order valence-corrected chi connectivity index (χ1v) is 7.62. The van der Waals surface area contributed by atoms with Gasteiger partial charge >= 0.3 is 5.97 Å². The number of piperidine rings is 1. The first kappa shape index (κ1) is 14.0. The van der Waals surface area contributed by atoms with E-state index >= 15 is 0 Å². The smallest absolute Gasteiger partial charge is 0.337 e. The van der Waals surface area contributed by atoms with Crippen LogP contribution in [0.3, 0.4) is 0 Å². The summed E-state index contributed by atoms with van der Waals surface area (Å²) in [7, 11) is 0. The zero-order valence-electron chi connectivity index (χ0n) is 12.0. The molecule has 1 amide bonds. The summed E-state index contributed by atoms with van der Waals surface area (Å²) < 4.78 is 0. The number of nitrogens with zero attached hydrogens (tertiary/aromatic N) is 2. The van der Waals surface area contributed by atoms with Gasteiger partial charge in [0.1, 0.15) is 0 Å². The molecule has 0 spiro atoms. The zero-order valence-corrected chi connectivity index (χ0v) is 12.0. The molecule has 0 unspecified atom stereocenters. The third kappa shape index (κ3) is 2.91. The predicted molar refractivity (Wildman–Crippen MR) is 77.1 cm³/mol. The Morgan fingerprint density at radius 2 is 1.86 bits per heavy atom. The molecule has 1 saturated heterocycles. The Kier molecular flexibility index (Phi) is 3.90. The number of carboxylic acids is 1. The Morgan fingerprint density at radius 3 is 2.43 bits per heavy atom. The molecule has 0 bridgehead atoms. The molecule has 1 N–H and O–H groups in total. The first-order valence-electron chi connectivity index (χ1n) is 7.62. The molecule has 5 heteroatoms. The lowest BCUT2D eigenvalue weighted by Crippen LogP contribution is -2.43. The minimum atomic E-state index is -0.943. The number of carboxylic acid groups (broad SMARTS) is 1. The number of hydrogen-bond acceptors (Lipinski definition) is 3. The molecule has 0 atom stereocenters. The number of hydrogen-bond donors (Lipinski definition) is 1. The lowest BCUT2D eigenvalue weighted by Gasteiger charge is -2.36. The quantitative estimate of drug-likeness (QED) is 0.926. The van der Waals surface area contributed by atoms with Crippen molar-refractivity contribution in [2.75, 3.05) is 13.1 Å². The number of aromatic nitrogens is 1. The molecule has 2 heterocycles. The van der Waals surface area contributed by atoms with Gasteiger partial charge < -0.3 is 10.0 Å². The van der Waals surface area contributed by atoms with Gasteiger partial charge in [-0.05, 0) is 43.2 Å². The highest BCUT2D eigenvalue weighted by Crippen LogP contribution is 2.32. The first-order chi connectivity index (χ1) is 10.1. The van der Waals surface area contributed by atoms with Crippen molar-refractivity contribution in [1.29, 1.82) is 0 Å². The third-order valence-electron chi connectivity index (χ3n) is 4.74. The summed E-state index contributed by atoms with van der Waals surface area (Å²) in [6, 6.07) is 1.71. The van der Waals surface area contributed by atoms with E-state index in [2.05, 4.69) is 4.98 Å². The van der Waals surface area contributed by atoms with Crippen LogP contribution in [0.2, 0.25) is 0 Å². The Bertz CT molecular complexity index is 546. The molecule has 21 heavy (non-hydrogen) atoms. The van der Waals surface area contributed by atoms with Gasteiger partial charge in [0.05, 0.1) is 5.56 Å². The monoisotopic (exact) mass is 288 g/mol. The lowest BCUT2D eigenvalue weighted by atomic mass is 9.83. The van der Waals surface area contributed by atoms with Crippen LogP contribution >= 0.6 is 0 Å². The minimum Gasteiger partial charge on any atom is -0.478 e. The molecule has 1 aromatic heterocycles. The van der Waals surface area contributed by atoms with Crippen LogP contribution in [-0.2, 0) is 4.79 Å². The second-order valence-electron chi connectivity index (χ2n) is 6.04. The number of aromatic carboxylic acids is 1. The fraction of sp³-hybridized carbons (Fsp3) is 0.562. The highest BCUT2D eigenvalue weighted by Gasteiger charge is 2.32. The largest absolute Gasteiger partial charge is 0.478 e. The number of pyridine rings is 1. The number of carbonyl (C=O) groups excluding carboxylic acids is 1. The van der Waals surface area contributed by atoms with Crippen molar-refractivity contribution >= 4 is 11.9 Å². The average Bonchev–Trinajstić information content (AvgIpc) is 2.46. The summed E-state index contributed by atoms with van der Waals surface area (Å²) >= 11 is 0. The van der Waals surface area contributed by atoms with Crippen LogP contribution < -0.4 is 0 Å². The molecule has 1 saturated carbocycles. The standard InChI is InChI=1S/C16H20N2O3/c19-15(12-2-1-3-12)18-6-4-11(5-7-18)13-8-14(16(20)21)10-17-9-13/h8-12H,1-7H2,(H,20,21). The highest BCUT2D eigenvalue weighted by molar-refractivity contribution is 5.87. The van der Waals surface area contributed by atoms with Crippen molar-refractivity contribution in [3.63, 3.8) is 0 Å². The molecule has 2 fully saturated rings. The Hall–Kier alpha value is -1.91. The lowest BCUT2D eigenvalue weighted by molar-refractivity contribution is -0.139. The van der Waals surface area contributed by atoms with E-state index in [9.17, 15) is 9.59 Å². The van der Waals surface area contributed by atoms with Crippen LogP contribution in [0.1, 0.15) is 53.9 Å². The zero-order chi connectivity index (χ0) is 14.8. The van der Waals surface area contributed by atoms with E-state index in [0.717, 1.165) is 44.3 Å². The van der Waals surface area contributed by atoms with Crippen molar-refractivity contribution in [2.45, 2.75) is 38.0 Å². The van der Waals surface area contributed by atoms with Crippen molar-refractivity contribution in [3.05, 3.63) is 29.6 Å². The van der Waals surface area contributed by atoms with E-state index in [-0.39, 0.29) is 11.5 Å². The van der Waals surface area contributed by atoms with Gasteiger partial charge in [-0.25, -0.2) is 4.79 Å². The molecule has 1 aliphatic carbocycles. The molecular formula is C16H20N2O3. The van der Waals surface area contributed by atoms with Gasteiger partial charge in [0.15, 0.2) is 0 Å². The van der Waals surface area contributed by atoms with E-state index in [1.807, 2.05) is 4.90 Å². The predicted octanol–water partition coefficient (Wildman–Crippen LogP) is 2.29. The van der Waals surface area contributed by atoms with E-state index in [4.69, 9.17) is 5.11 Å². The van der Waals surface area contributed by atoms with Crippen LogP contribution in [0, 0.1) is 5.92 Å². The molecule has 0 aromatic carbocycles. The minimum absolute atomic E-state index is 0.237. The van der Waals surface area contributed by atoms with Gasteiger partial charge in [-0.3, -0.25) is 9.78 Å². The van der Waals surface area contributed by atoms with E-state index in [1.165, 1.54) is 12.6 Å². The summed E-state index contributed by atoms with van der Waals surface area (Å²) in [5, 5.41) is 9.02. The molecule has 1 aliphatic heterocycles. The van der Waals surface area contributed by atoms with Crippen LogP contribution in [0.5, 0.6) is 0 Å². The number of amides is 1. The van der Waals surface area contributed by atoms with Crippen LogP contribution in [-0.4, -0.2) is 40.0 Å². The van der Waals surface area contributed by atoms with Crippen LogP contribution in [0.15, 0.2) is 18.5 Å². The molecule has 5 nitrogen and oxygen atoms in total. The maximum Gasteiger partial charge on any atom is 0.337 e. The summed E-state index contributed by atoms with van der Waals surface area (Å²) in [4.78, 5) is 29.2. The van der Waals surface area contributed by atoms with Crippen molar-refractivity contribution in [1.82, 2.24) is 9.88 Å². The molecular weight excluding hydrogens is 268 g/mol.